The van der Waals surface area contributed by atoms with Crippen LogP contribution in [0.25, 0.3) is 0 Å². The molecule has 0 aromatic carbocycles. The average Bonchev–Trinajstić information content (AvgIpc) is 3.14. The number of methoxy groups -OCH3 is 2. The average molecular weight is 408 g/mol. The molecule has 0 aromatic heterocycles. The molecule has 1 saturated heterocycles. The highest BCUT2D eigenvalue weighted by atomic mass is 16.5. The molecule has 1 aliphatic heterocycles. The van der Waals surface area contributed by atoms with Gasteiger partial charge in [-0.2, -0.15) is 0 Å². The number of hydrogen-bond acceptors (Lipinski definition) is 6. The van der Waals surface area contributed by atoms with E-state index in [2.05, 4.69) is 11.8 Å². The second-order valence-corrected chi connectivity index (χ2v) is 11.2. The van der Waals surface area contributed by atoms with Crippen LogP contribution >= 0.6 is 0 Å². The van der Waals surface area contributed by atoms with E-state index < -0.39 is 11.7 Å². The Hall–Kier alpha value is -0.240. The van der Waals surface area contributed by atoms with Crippen molar-refractivity contribution >= 4 is 0 Å². The Morgan fingerprint density at radius 3 is 2.59 bits per heavy atom. The minimum absolute atomic E-state index is 0.0749. The van der Waals surface area contributed by atoms with Crippen LogP contribution < -0.4 is 0 Å². The Morgan fingerprint density at radius 1 is 1.14 bits per heavy atom. The number of aliphatic hydroxyl groups is 3. The summed E-state index contributed by atoms with van der Waals surface area (Å²) >= 11 is 0. The fourth-order valence-electron chi connectivity index (χ4n) is 10.4. The van der Waals surface area contributed by atoms with Crippen molar-refractivity contribution in [2.24, 2.45) is 40.4 Å². The van der Waals surface area contributed by atoms with E-state index in [-0.39, 0.29) is 59.4 Å². The molecule has 6 heteroatoms. The number of nitrogens with zero attached hydrogens (tertiary/aromatic N) is 1. The molecular formula is C23H37NO5. The van der Waals surface area contributed by atoms with Crippen molar-refractivity contribution in [3.8, 4) is 0 Å². The summed E-state index contributed by atoms with van der Waals surface area (Å²) in [5, 5.41) is 34.3. The summed E-state index contributed by atoms with van der Waals surface area (Å²) in [6.45, 7) is 4.29. The first-order chi connectivity index (χ1) is 13.9. The second-order valence-electron chi connectivity index (χ2n) is 11.2. The maximum Gasteiger partial charge on any atom is 0.0771 e. The first-order valence-corrected chi connectivity index (χ1v) is 11.7. The van der Waals surface area contributed by atoms with Gasteiger partial charge in [-0.15, -0.1) is 0 Å². The summed E-state index contributed by atoms with van der Waals surface area (Å²) in [5.74, 6) is 0.719. The number of ether oxygens (including phenoxy) is 2. The highest BCUT2D eigenvalue weighted by Crippen LogP contribution is 2.79. The van der Waals surface area contributed by atoms with Gasteiger partial charge in [0.2, 0.25) is 0 Å². The number of likely N-dealkylation sites (tertiary alicyclic amines) is 1. The molecule has 6 fully saturated rings. The molecule has 6 aliphatic rings. The minimum Gasteiger partial charge on any atom is -0.396 e. The molecule has 12 atom stereocenters. The Balaban J connectivity index is 1.60. The normalized spacial score (nSPS) is 62.5. The third kappa shape index (κ3) is 1.89. The second kappa shape index (κ2) is 5.96. The Labute approximate surface area is 173 Å². The fourth-order valence-corrected chi connectivity index (χ4v) is 10.4. The van der Waals surface area contributed by atoms with Crippen molar-refractivity contribution in [2.75, 3.05) is 33.9 Å². The molecule has 6 nitrogen and oxygen atoms in total. The highest BCUT2D eigenvalue weighted by molar-refractivity contribution is 5.33. The molecule has 0 aromatic rings. The van der Waals surface area contributed by atoms with Crippen molar-refractivity contribution in [1.29, 1.82) is 0 Å². The van der Waals surface area contributed by atoms with E-state index in [1.807, 2.05) is 7.11 Å². The predicted molar refractivity (Wildman–Crippen MR) is 106 cm³/mol. The summed E-state index contributed by atoms with van der Waals surface area (Å²) < 4.78 is 12.1. The van der Waals surface area contributed by atoms with Crippen LogP contribution in [0.5, 0.6) is 0 Å². The number of aliphatic hydroxyl groups excluding tert-OH is 2. The van der Waals surface area contributed by atoms with Crippen molar-refractivity contribution in [3.63, 3.8) is 0 Å². The van der Waals surface area contributed by atoms with E-state index in [0.717, 1.165) is 38.8 Å². The SMILES string of the molecule is CCN1CC2(CO)CCC(OC)C34C5CC6C(OC)CC(O)(C(CC23)C14)C5C6O. The molecule has 164 valence electrons. The Morgan fingerprint density at radius 2 is 1.93 bits per heavy atom. The van der Waals surface area contributed by atoms with Crippen LogP contribution in [0.3, 0.4) is 0 Å². The van der Waals surface area contributed by atoms with E-state index in [1.54, 1.807) is 7.11 Å². The first-order valence-electron chi connectivity index (χ1n) is 11.7. The third-order valence-electron chi connectivity index (χ3n) is 11.0. The molecule has 6 rings (SSSR count). The Kier molecular flexibility index (Phi) is 4.00. The third-order valence-corrected chi connectivity index (χ3v) is 11.0. The lowest BCUT2D eigenvalue weighted by atomic mass is 9.43. The molecule has 5 aliphatic carbocycles. The maximum absolute atomic E-state index is 12.3. The van der Waals surface area contributed by atoms with Gasteiger partial charge in [-0.25, -0.2) is 0 Å². The Bertz CT molecular complexity index is 705. The summed E-state index contributed by atoms with van der Waals surface area (Å²) in [4.78, 5) is 2.57. The summed E-state index contributed by atoms with van der Waals surface area (Å²) in [6, 6.07) is 0.273. The molecule has 5 saturated carbocycles. The van der Waals surface area contributed by atoms with Crippen LogP contribution in [-0.2, 0) is 9.47 Å². The van der Waals surface area contributed by atoms with Crippen LogP contribution in [0.1, 0.15) is 39.0 Å². The van der Waals surface area contributed by atoms with Gasteiger partial charge < -0.3 is 24.8 Å². The van der Waals surface area contributed by atoms with E-state index in [1.165, 1.54) is 0 Å². The smallest absolute Gasteiger partial charge is 0.0771 e. The largest absolute Gasteiger partial charge is 0.396 e. The molecule has 1 spiro atoms. The molecule has 0 amide bonds. The molecule has 3 N–H and O–H groups in total. The quantitative estimate of drug-likeness (QED) is 0.642. The lowest BCUT2D eigenvalue weighted by molar-refractivity contribution is -0.275. The predicted octanol–water partition coefficient (Wildman–Crippen LogP) is 0.877. The lowest BCUT2D eigenvalue weighted by Crippen LogP contribution is -2.76. The highest BCUT2D eigenvalue weighted by Gasteiger charge is 2.83. The van der Waals surface area contributed by atoms with Gasteiger partial charge >= 0.3 is 0 Å². The summed E-state index contributed by atoms with van der Waals surface area (Å²) in [6.07, 6.45) is 4.02. The summed E-state index contributed by atoms with van der Waals surface area (Å²) in [5.41, 5.74) is -1.07. The van der Waals surface area contributed by atoms with Gasteiger partial charge in [0.25, 0.3) is 0 Å². The number of fused-ring (bicyclic) bond motifs is 2. The van der Waals surface area contributed by atoms with Crippen LogP contribution in [0.2, 0.25) is 0 Å². The molecular weight excluding hydrogens is 370 g/mol. The van der Waals surface area contributed by atoms with Crippen molar-refractivity contribution < 1.29 is 24.8 Å². The van der Waals surface area contributed by atoms with E-state index >= 15 is 0 Å². The van der Waals surface area contributed by atoms with Gasteiger partial charge in [-0.05, 0) is 44.1 Å². The molecule has 29 heavy (non-hydrogen) atoms. The van der Waals surface area contributed by atoms with E-state index in [9.17, 15) is 15.3 Å². The van der Waals surface area contributed by atoms with Gasteiger partial charge in [-0.1, -0.05) is 6.92 Å². The topological polar surface area (TPSA) is 82.4 Å². The van der Waals surface area contributed by atoms with Gasteiger partial charge in [-0.3, -0.25) is 4.90 Å². The zero-order chi connectivity index (χ0) is 20.3. The first kappa shape index (κ1) is 19.4. The zero-order valence-electron chi connectivity index (χ0n) is 18.0. The monoisotopic (exact) mass is 407 g/mol. The summed E-state index contributed by atoms with van der Waals surface area (Å²) in [7, 11) is 3.58. The molecule has 0 radical (unpaired) electrons. The minimum atomic E-state index is -0.887. The number of piperidine rings is 1. The van der Waals surface area contributed by atoms with Gasteiger partial charge in [0.1, 0.15) is 0 Å². The lowest BCUT2D eigenvalue weighted by Gasteiger charge is -2.69. The molecule has 1 heterocycles. The van der Waals surface area contributed by atoms with E-state index in [4.69, 9.17) is 9.47 Å². The van der Waals surface area contributed by atoms with Crippen molar-refractivity contribution in [3.05, 3.63) is 0 Å². The van der Waals surface area contributed by atoms with E-state index in [0.29, 0.717) is 12.3 Å². The number of rotatable bonds is 4. The van der Waals surface area contributed by atoms with Crippen LogP contribution in [-0.4, -0.2) is 84.1 Å². The molecule has 12 unspecified atom stereocenters. The van der Waals surface area contributed by atoms with Gasteiger partial charge in [0, 0.05) is 61.8 Å². The fraction of sp³-hybridized carbons (Fsp3) is 1.00. The molecule has 7 bridgehead atoms. The maximum atomic E-state index is 12.3. The van der Waals surface area contributed by atoms with Crippen molar-refractivity contribution in [2.45, 2.75) is 69.0 Å². The van der Waals surface area contributed by atoms with Crippen molar-refractivity contribution in [1.82, 2.24) is 4.90 Å². The standard InChI is InChI=1S/C23H37NO5/c1-4-24-10-21(11-25)6-5-17(29-3)23-13-7-12-15(28-2)9-22(27,18(13)19(12)26)14(20(23)24)8-16(21)23/h12-20,25-27H,4-11H2,1-3H3. The zero-order valence-corrected chi connectivity index (χ0v) is 18.0. The van der Waals surface area contributed by atoms with Crippen LogP contribution in [0, 0.1) is 40.4 Å². The van der Waals surface area contributed by atoms with Crippen LogP contribution in [0.4, 0.5) is 0 Å². The van der Waals surface area contributed by atoms with Crippen LogP contribution in [0.15, 0.2) is 0 Å². The van der Waals surface area contributed by atoms with Gasteiger partial charge in [0.15, 0.2) is 0 Å². The number of hydrogen-bond donors (Lipinski definition) is 3. The van der Waals surface area contributed by atoms with Gasteiger partial charge in [0.05, 0.1) is 30.5 Å².